The van der Waals surface area contributed by atoms with E-state index in [0.29, 0.717) is 22.7 Å². The van der Waals surface area contributed by atoms with Crippen LogP contribution in [0.15, 0.2) is 65.1 Å². The Bertz CT molecular complexity index is 1330. The largest absolute Gasteiger partial charge is 0.493 e. The molecule has 1 saturated heterocycles. The lowest BCUT2D eigenvalue weighted by Gasteiger charge is -2.36. The third-order valence-electron chi connectivity index (χ3n) is 6.51. The molecule has 0 N–H and O–H groups in total. The summed E-state index contributed by atoms with van der Waals surface area (Å²) in [6, 6.07) is 18.7. The highest BCUT2D eigenvalue weighted by atomic mass is 19.1. The number of nitrogens with zero attached hydrogens (tertiary/aromatic N) is 2. The quantitative estimate of drug-likeness (QED) is 0.347. The Morgan fingerprint density at radius 1 is 0.800 bits per heavy atom. The number of anilines is 1. The number of fused-ring (bicyclic) bond motifs is 1. The van der Waals surface area contributed by atoms with Crippen molar-refractivity contribution in [2.75, 3.05) is 52.4 Å². The van der Waals surface area contributed by atoms with E-state index < -0.39 is 0 Å². The Kier molecular flexibility index (Phi) is 6.51. The lowest BCUT2D eigenvalue weighted by molar-refractivity contribution is 0.249. The molecule has 7 heteroatoms. The molecule has 5 rings (SSSR count). The SMILES string of the molecule is COc1ccc(N2CCN(Cc3cc(OC)c4oc(-c5ccccc5F)cc4c3)CC2)cc1OC. The molecule has 0 aliphatic carbocycles. The lowest BCUT2D eigenvalue weighted by Crippen LogP contribution is -2.45. The van der Waals surface area contributed by atoms with E-state index >= 15 is 0 Å². The molecule has 0 spiro atoms. The summed E-state index contributed by atoms with van der Waals surface area (Å²) in [5.74, 6) is 2.32. The third-order valence-corrected chi connectivity index (χ3v) is 6.51. The number of halogens is 1. The zero-order valence-corrected chi connectivity index (χ0v) is 20.2. The van der Waals surface area contributed by atoms with Gasteiger partial charge in [0.25, 0.3) is 0 Å². The van der Waals surface area contributed by atoms with Crippen LogP contribution in [0.1, 0.15) is 5.56 Å². The molecular formula is C28H29FN2O4. The molecule has 0 saturated carbocycles. The van der Waals surface area contributed by atoms with Crippen LogP contribution >= 0.6 is 0 Å². The maximum atomic E-state index is 14.3. The Balaban J connectivity index is 1.31. The van der Waals surface area contributed by atoms with Crippen molar-refractivity contribution in [1.29, 1.82) is 0 Å². The summed E-state index contributed by atoms with van der Waals surface area (Å²) in [5, 5.41) is 0.904. The zero-order valence-electron chi connectivity index (χ0n) is 20.2. The molecule has 1 aliphatic rings. The summed E-state index contributed by atoms with van der Waals surface area (Å²) in [6.07, 6.45) is 0. The Hall–Kier alpha value is -3.71. The molecule has 0 bridgehead atoms. The van der Waals surface area contributed by atoms with Gasteiger partial charge in [0.1, 0.15) is 11.6 Å². The first kappa shape index (κ1) is 23.1. The molecule has 0 atom stereocenters. The minimum absolute atomic E-state index is 0.307. The zero-order chi connectivity index (χ0) is 24.4. The lowest BCUT2D eigenvalue weighted by atomic mass is 10.1. The van der Waals surface area contributed by atoms with Gasteiger partial charge < -0.3 is 23.5 Å². The number of methoxy groups -OCH3 is 3. The maximum absolute atomic E-state index is 14.3. The smallest absolute Gasteiger partial charge is 0.176 e. The highest BCUT2D eigenvalue weighted by molar-refractivity contribution is 5.88. The fraction of sp³-hybridized carbons (Fsp3) is 0.286. The molecule has 1 aliphatic heterocycles. The Labute approximate surface area is 204 Å². The van der Waals surface area contributed by atoms with Crippen molar-refractivity contribution in [3.05, 3.63) is 72.0 Å². The van der Waals surface area contributed by atoms with E-state index in [1.807, 2.05) is 24.3 Å². The highest BCUT2D eigenvalue weighted by Gasteiger charge is 2.20. The first-order valence-corrected chi connectivity index (χ1v) is 11.6. The minimum atomic E-state index is -0.307. The number of ether oxygens (including phenoxy) is 3. The molecule has 4 aromatic rings. The van der Waals surface area contributed by atoms with E-state index in [9.17, 15) is 4.39 Å². The van der Waals surface area contributed by atoms with Gasteiger partial charge in [0.05, 0.1) is 26.9 Å². The molecular weight excluding hydrogens is 447 g/mol. The normalized spacial score (nSPS) is 14.3. The van der Waals surface area contributed by atoms with E-state index in [1.165, 1.54) is 6.07 Å². The predicted molar refractivity (Wildman–Crippen MR) is 135 cm³/mol. The van der Waals surface area contributed by atoms with Crippen LogP contribution in [0.5, 0.6) is 17.2 Å². The number of hydrogen-bond donors (Lipinski definition) is 0. The molecule has 6 nitrogen and oxygen atoms in total. The van der Waals surface area contributed by atoms with Crippen LogP contribution in [0.3, 0.4) is 0 Å². The number of benzene rings is 3. The average Bonchev–Trinajstić information content (AvgIpc) is 3.32. The fourth-order valence-electron chi connectivity index (χ4n) is 4.66. The van der Waals surface area contributed by atoms with E-state index in [1.54, 1.807) is 39.5 Å². The number of hydrogen-bond acceptors (Lipinski definition) is 6. The van der Waals surface area contributed by atoms with Crippen molar-refractivity contribution in [2.45, 2.75) is 6.54 Å². The summed E-state index contributed by atoms with van der Waals surface area (Å²) >= 11 is 0. The molecule has 2 heterocycles. The standard InChI is InChI=1S/C28H29FN2O4/c1-32-24-9-8-21(17-26(24)33-2)31-12-10-30(11-13-31)18-19-14-20-16-25(22-6-4-5-7-23(22)29)35-28(20)27(15-19)34-3/h4-9,14-17H,10-13,18H2,1-3H3. The van der Waals surface area contributed by atoms with Crippen molar-refractivity contribution < 1.29 is 23.0 Å². The number of furan rings is 1. The number of rotatable bonds is 7. The molecule has 0 amide bonds. The van der Waals surface area contributed by atoms with E-state index in [0.717, 1.165) is 60.9 Å². The van der Waals surface area contributed by atoms with Crippen molar-refractivity contribution >= 4 is 16.7 Å². The van der Waals surface area contributed by atoms with Gasteiger partial charge in [-0.15, -0.1) is 0 Å². The van der Waals surface area contributed by atoms with Crippen LogP contribution in [-0.4, -0.2) is 52.4 Å². The van der Waals surface area contributed by atoms with Gasteiger partial charge in [-0.2, -0.15) is 0 Å². The summed E-state index contributed by atoms with van der Waals surface area (Å²) < 4.78 is 36.7. The molecule has 0 radical (unpaired) electrons. The molecule has 0 unspecified atom stereocenters. The van der Waals surface area contributed by atoms with Gasteiger partial charge in [0.2, 0.25) is 0 Å². The number of piperazine rings is 1. The summed E-state index contributed by atoms with van der Waals surface area (Å²) in [6.45, 7) is 4.49. The van der Waals surface area contributed by atoms with Crippen LogP contribution in [0, 0.1) is 5.82 Å². The second-order valence-corrected chi connectivity index (χ2v) is 8.61. The second kappa shape index (κ2) is 9.88. The third kappa shape index (κ3) is 4.64. The fourth-order valence-corrected chi connectivity index (χ4v) is 4.66. The highest BCUT2D eigenvalue weighted by Crippen LogP contribution is 2.36. The van der Waals surface area contributed by atoms with Crippen LogP contribution in [-0.2, 0) is 6.54 Å². The Morgan fingerprint density at radius 2 is 1.54 bits per heavy atom. The van der Waals surface area contributed by atoms with Gasteiger partial charge in [0.15, 0.2) is 22.8 Å². The maximum Gasteiger partial charge on any atom is 0.176 e. The van der Waals surface area contributed by atoms with Gasteiger partial charge in [-0.1, -0.05) is 12.1 Å². The topological polar surface area (TPSA) is 47.3 Å². The van der Waals surface area contributed by atoms with Crippen LogP contribution in [0.25, 0.3) is 22.3 Å². The van der Waals surface area contributed by atoms with Crippen LogP contribution in [0.4, 0.5) is 10.1 Å². The molecule has 1 aromatic heterocycles. The summed E-state index contributed by atoms with van der Waals surface area (Å²) in [5.41, 5.74) is 3.34. The minimum Gasteiger partial charge on any atom is -0.493 e. The first-order chi connectivity index (χ1) is 17.1. The van der Waals surface area contributed by atoms with Crippen molar-refractivity contribution in [2.24, 2.45) is 0 Å². The summed E-state index contributed by atoms with van der Waals surface area (Å²) in [4.78, 5) is 4.79. The van der Waals surface area contributed by atoms with Crippen molar-refractivity contribution in [1.82, 2.24) is 4.90 Å². The van der Waals surface area contributed by atoms with E-state index in [2.05, 4.69) is 21.9 Å². The van der Waals surface area contributed by atoms with Gasteiger partial charge >= 0.3 is 0 Å². The van der Waals surface area contributed by atoms with Crippen molar-refractivity contribution in [3.8, 4) is 28.6 Å². The van der Waals surface area contributed by atoms with Gasteiger partial charge in [0, 0.05) is 49.9 Å². The molecule has 182 valence electrons. The molecule has 3 aromatic carbocycles. The molecule has 1 fully saturated rings. The van der Waals surface area contributed by atoms with Gasteiger partial charge in [-0.3, -0.25) is 4.90 Å². The van der Waals surface area contributed by atoms with E-state index in [-0.39, 0.29) is 5.82 Å². The average molecular weight is 477 g/mol. The first-order valence-electron chi connectivity index (χ1n) is 11.6. The molecule has 35 heavy (non-hydrogen) atoms. The summed E-state index contributed by atoms with van der Waals surface area (Å²) in [7, 11) is 4.93. The van der Waals surface area contributed by atoms with Crippen LogP contribution < -0.4 is 19.1 Å². The van der Waals surface area contributed by atoms with Crippen LogP contribution in [0.2, 0.25) is 0 Å². The van der Waals surface area contributed by atoms with Gasteiger partial charge in [-0.25, -0.2) is 4.39 Å². The Morgan fingerprint density at radius 3 is 2.26 bits per heavy atom. The van der Waals surface area contributed by atoms with Crippen molar-refractivity contribution in [3.63, 3.8) is 0 Å². The monoisotopic (exact) mass is 476 g/mol. The predicted octanol–water partition coefficient (Wildman–Crippen LogP) is 5.59. The van der Waals surface area contributed by atoms with E-state index in [4.69, 9.17) is 18.6 Å². The second-order valence-electron chi connectivity index (χ2n) is 8.61. The van der Waals surface area contributed by atoms with Gasteiger partial charge in [-0.05, 0) is 48.0 Å².